The van der Waals surface area contributed by atoms with E-state index in [1.165, 1.54) is 0 Å². The van der Waals surface area contributed by atoms with Crippen molar-refractivity contribution >= 4 is 10.1 Å². The predicted octanol–water partition coefficient (Wildman–Crippen LogP) is 2.77. The number of hydrogen-bond donors (Lipinski definition) is 0. The van der Waals surface area contributed by atoms with Gasteiger partial charge < -0.3 is 0 Å². The summed E-state index contributed by atoms with van der Waals surface area (Å²) in [4.78, 5) is 0.281. The van der Waals surface area contributed by atoms with Gasteiger partial charge in [0, 0.05) is 0 Å². The van der Waals surface area contributed by atoms with Gasteiger partial charge in [0.2, 0.25) is 0 Å². The van der Waals surface area contributed by atoms with Crippen molar-refractivity contribution in [1.29, 1.82) is 0 Å². The molecule has 0 amide bonds. The van der Waals surface area contributed by atoms with Gasteiger partial charge in [0.05, 0.1) is 11.0 Å². The molecule has 3 saturated carbocycles. The normalized spacial score (nSPS) is 45.1. The Morgan fingerprint density at radius 2 is 1.71 bits per heavy atom. The second kappa shape index (κ2) is 3.79. The Morgan fingerprint density at radius 1 is 1.00 bits per heavy atom. The molecule has 4 aliphatic carbocycles. The lowest BCUT2D eigenvalue weighted by Gasteiger charge is -2.59. The highest BCUT2D eigenvalue weighted by atomic mass is 32.2. The van der Waals surface area contributed by atoms with Crippen molar-refractivity contribution in [2.24, 2.45) is 35.5 Å². The summed E-state index contributed by atoms with van der Waals surface area (Å²) in [6.07, 6.45) is 5.48. The maximum Gasteiger partial charge on any atom is 0.297 e. The highest BCUT2D eigenvalue weighted by molar-refractivity contribution is 7.86. The van der Waals surface area contributed by atoms with Gasteiger partial charge in [-0.3, -0.25) is 4.18 Å². The number of benzene rings is 1. The molecule has 0 heterocycles. The Hall–Kier alpha value is -1.13. The van der Waals surface area contributed by atoms with Gasteiger partial charge in [0.1, 0.15) is 0 Å². The minimum absolute atomic E-state index is 0.109. The number of allylic oxidation sites excluding steroid dienone is 2. The molecule has 0 aliphatic heterocycles. The van der Waals surface area contributed by atoms with Crippen molar-refractivity contribution in [2.45, 2.75) is 24.3 Å². The van der Waals surface area contributed by atoms with Crippen LogP contribution in [-0.4, -0.2) is 14.5 Å². The van der Waals surface area contributed by atoms with Gasteiger partial charge >= 0.3 is 0 Å². The molecule has 3 fully saturated rings. The second-order valence-electron chi connectivity index (χ2n) is 7.07. The van der Waals surface area contributed by atoms with Crippen LogP contribution in [0.5, 0.6) is 0 Å². The fraction of sp³-hybridized carbons (Fsp3) is 0.529. The Labute approximate surface area is 125 Å². The van der Waals surface area contributed by atoms with E-state index in [-0.39, 0.29) is 11.0 Å². The Morgan fingerprint density at radius 3 is 2.48 bits per heavy atom. The van der Waals surface area contributed by atoms with E-state index in [0.29, 0.717) is 23.7 Å². The summed E-state index contributed by atoms with van der Waals surface area (Å²) in [5.41, 5.74) is 1.05. The van der Waals surface area contributed by atoms with Crippen LogP contribution in [0, 0.1) is 42.4 Å². The maximum absolute atomic E-state index is 12.5. The highest BCUT2D eigenvalue weighted by Crippen LogP contribution is 2.75. The van der Waals surface area contributed by atoms with E-state index in [1.807, 2.05) is 19.1 Å². The molecule has 0 N–H and O–H groups in total. The summed E-state index contributed by atoms with van der Waals surface area (Å²) in [5.74, 6) is 3.95. The lowest BCUT2D eigenvalue weighted by atomic mass is 9.44. The largest absolute Gasteiger partial charge is 0.297 e. The van der Waals surface area contributed by atoms with Gasteiger partial charge in [0.15, 0.2) is 0 Å². The lowest BCUT2D eigenvalue weighted by Crippen LogP contribution is -2.58. The van der Waals surface area contributed by atoms with Crippen LogP contribution in [0.3, 0.4) is 0 Å². The van der Waals surface area contributed by atoms with Gasteiger partial charge in [-0.05, 0) is 61.0 Å². The molecule has 4 heteroatoms. The van der Waals surface area contributed by atoms with Gasteiger partial charge in [-0.15, -0.1) is 0 Å². The van der Waals surface area contributed by atoms with Crippen LogP contribution < -0.4 is 0 Å². The Kier molecular flexibility index (Phi) is 2.24. The van der Waals surface area contributed by atoms with E-state index in [2.05, 4.69) is 12.2 Å². The van der Waals surface area contributed by atoms with Crippen LogP contribution in [0.1, 0.15) is 12.0 Å². The van der Waals surface area contributed by atoms with Crippen LogP contribution in [0.15, 0.2) is 41.3 Å². The number of rotatable bonds is 3. The monoisotopic (exact) mass is 302 g/mol. The summed E-state index contributed by atoms with van der Waals surface area (Å²) < 4.78 is 30.6. The van der Waals surface area contributed by atoms with Crippen LogP contribution in [0.4, 0.5) is 0 Å². The SMILES string of the molecule is Cc1ccc(S(=O)(=O)OC2CC3C4C=CC5C2C3C45)cc1. The molecule has 7 unspecified atom stereocenters. The smallest absolute Gasteiger partial charge is 0.263 e. The third kappa shape index (κ3) is 1.45. The number of aryl methyl sites for hydroxylation is 1. The zero-order valence-corrected chi connectivity index (χ0v) is 12.7. The first-order valence-electron chi connectivity index (χ1n) is 7.74. The molecule has 110 valence electrons. The summed E-state index contributed by atoms with van der Waals surface area (Å²) in [7, 11) is -3.63. The van der Waals surface area contributed by atoms with Crippen molar-refractivity contribution in [3.8, 4) is 0 Å². The topological polar surface area (TPSA) is 43.4 Å². The average molecular weight is 302 g/mol. The van der Waals surface area contributed by atoms with Gasteiger partial charge in [0.25, 0.3) is 10.1 Å². The first-order valence-corrected chi connectivity index (χ1v) is 9.15. The van der Waals surface area contributed by atoms with Gasteiger partial charge in [-0.1, -0.05) is 29.8 Å². The van der Waals surface area contributed by atoms with Crippen molar-refractivity contribution in [3.05, 3.63) is 42.0 Å². The second-order valence-corrected chi connectivity index (χ2v) is 8.65. The van der Waals surface area contributed by atoms with Gasteiger partial charge in [-0.25, -0.2) is 0 Å². The molecule has 21 heavy (non-hydrogen) atoms. The number of hydrogen-bond acceptors (Lipinski definition) is 3. The standard InChI is InChI=1S/C17H18O3S/c1-9-2-4-10(5-3-9)21(18,19)20-14-8-13-11-6-7-12-15(11)17(13)16(12)14/h2-7,11-17H,8H2,1H3. The number of fused-ring (bicyclic) bond motifs is 2. The van der Waals surface area contributed by atoms with E-state index in [4.69, 9.17) is 4.18 Å². The minimum atomic E-state index is -3.63. The van der Waals surface area contributed by atoms with Crippen molar-refractivity contribution < 1.29 is 12.6 Å². The van der Waals surface area contributed by atoms with E-state index < -0.39 is 10.1 Å². The molecule has 0 radical (unpaired) electrons. The predicted molar refractivity (Wildman–Crippen MR) is 77.9 cm³/mol. The molecule has 0 spiro atoms. The summed E-state index contributed by atoms with van der Waals surface area (Å²) in [6, 6.07) is 6.92. The lowest BCUT2D eigenvalue weighted by molar-refractivity contribution is -0.125. The van der Waals surface area contributed by atoms with Crippen molar-refractivity contribution in [1.82, 2.24) is 0 Å². The average Bonchev–Trinajstić information content (AvgIpc) is 2.67. The molecule has 0 bridgehead atoms. The fourth-order valence-electron chi connectivity index (χ4n) is 5.41. The summed E-state index contributed by atoms with van der Waals surface area (Å²) >= 11 is 0. The molecule has 7 atom stereocenters. The van der Waals surface area contributed by atoms with Crippen LogP contribution in [0.2, 0.25) is 0 Å². The van der Waals surface area contributed by atoms with Crippen LogP contribution in [-0.2, 0) is 14.3 Å². The highest BCUT2D eigenvalue weighted by Gasteiger charge is 2.73. The summed E-state index contributed by atoms with van der Waals surface area (Å²) in [5, 5.41) is 0. The van der Waals surface area contributed by atoms with E-state index in [9.17, 15) is 8.42 Å². The van der Waals surface area contributed by atoms with Crippen LogP contribution >= 0.6 is 0 Å². The van der Waals surface area contributed by atoms with Crippen LogP contribution in [0.25, 0.3) is 0 Å². The molecular formula is C17H18O3S. The van der Waals surface area contributed by atoms with E-state index in [1.54, 1.807) is 12.1 Å². The molecular weight excluding hydrogens is 284 g/mol. The minimum Gasteiger partial charge on any atom is -0.263 e. The summed E-state index contributed by atoms with van der Waals surface area (Å²) in [6.45, 7) is 1.95. The van der Waals surface area contributed by atoms with Crippen molar-refractivity contribution in [2.75, 3.05) is 0 Å². The zero-order chi connectivity index (χ0) is 14.4. The molecule has 3 nitrogen and oxygen atoms in total. The van der Waals surface area contributed by atoms with E-state index in [0.717, 1.165) is 23.8 Å². The molecule has 0 aromatic heterocycles. The fourth-order valence-corrected chi connectivity index (χ4v) is 6.52. The molecule has 5 rings (SSSR count). The van der Waals surface area contributed by atoms with Crippen molar-refractivity contribution in [3.63, 3.8) is 0 Å². The van der Waals surface area contributed by atoms with Gasteiger partial charge in [-0.2, -0.15) is 8.42 Å². The third-order valence-corrected chi connectivity index (χ3v) is 7.61. The first-order chi connectivity index (χ1) is 10.1. The Balaban J connectivity index is 1.41. The maximum atomic E-state index is 12.5. The molecule has 1 aromatic rings. The zero-order valence-electron chi connectivity index (χ0n) is 11.8. The molecule has 4 aliphatic rings. The molecule has 0 saturated heterocycles. The first kappa shape index (κ1) is 12.4. The Bertz CT molecular complexity index is 734. The quantitative estimate of drug-likeness (QED) is 0.637. The van der Waals surface area contributed by atoms with E-state index >= 15 is 0 Å². The molecule has 1 aromatic carbocycles. The third-order valence-electron chi connectivity index (χ3n) is 6.26.